The van der Waals surface area contributed by atoms with Gasteiger partial charge in [0.1, 0.15) is 18.0 Å². The molecule has 11 heteroatoms. The lowest BCUT2D eigenvalue weighted by atomic mass is 10.0. The number of hydrogen-bond donors (Lipinski definition) is 1. The van der Waals surface area contributed by atoms with Crippen molar-refractivity contribution in [3.63, 3.8) is 0 Å². The van der Waals surface area contributed by atoms with E-state index in [0.717, 1.165) is 0 Å². The van der Waals surface area contributed by atoms with Crippen LogP contribution in [0.4, 0.5) is 10.5 Å². The third-order valence-electron chi connectivity index (χ3n) is 6.22. The minimum Gasteiger partial charge on any atom is -0.487 e. The van der Waals surface area contributed by atoms with Crippen molar-refractivity contribution in [2.45, 2.75) is 33.0 Å². The molecule has 0 atom stereocenters. The van der Waals surface area contributed by atoms with Crippen molar-refractivity contribution in [1.29, 1.82) is 0 Å². The summed E-state index contributed by atoms with van der Waals surface area (Å²) in [5.41, 5.74) is 6.90. The van der Waals surface area contributed by atoms with Crippen LogP contribution in [0.1, 0.15) is 47.1 Å². The van der Waals surface area contributed by atoms with Gasteiger partial charge >= 0.3 is 12.1 Å². The molecule has 0 spiro atoms. The Morgan fingerprint density at radius 3 is 2.36 bits per heavy atom. The van der Waals surface area contributed by atoms with Crippen molar-refractivity contribution in [2.24, 2.45) is 0 Å². The number of esters is 1. The molecule has 1 saturated heterocycles. The number of benzene rings is 2. The first-order valence-corrected chi connectivity index (χ1v) is 13.1. The zero-order valence-electron chi connectivity index (χ0n) is 23.2. The fraction of sp³-hybridized carbons (Fsp3) is 0.464. The van der Waals surface area contributed by atoms with Gasteiger partial charge in [-0.2, -0.15) is 0 Å². The molecule has 0 aliphatic carbocycles. The molecule has 1 heterocycles. The van der Waals surface area contributed by atoms with Crippen LogP contribution in [0.5, 0.6) is 5.75 Å². The molecular formula is C28H37ClN4O6. The topological polar surface area (TPSA) is 115 Å². The zero-order valence-corrected chi connectivity index (χ0v) is 23.9. The van der Waals surface area contributed by atoms with Crippen molar-refractivity contribution in [1.82, 2.24) is 14.7 Å². The number of hydrogen-bond acceptors (Lipinski definition) is 8. The molecule has 1 aliphatic rings. The first-order valence-electron chi connectivity index (χ1n) is 12.7. The van der Waals surface area contributed by atoms with Crippen molar-refractivity contribution in [3.05, 3.63) is 58.1 Å². The van der Waals surface area contributed by atoms with Gasteiger partial charge in [0.25, 0.3) is 5.91 Å². The SMILES string of the molecule is COC(=O)c1cc(C(=O)N2CCN(CCN(C)C(=O)OC(C)(C)C)CC2)ccc1COc1ccc(N)cc1Cl. The number of nitrogen functional groups attached to an aromatic ring is 1. The summed E-state index contributed by atoms with van der Waals surface area (Å²) in [6.07, 6.45) is -0.358. The summed E-state index contributed by atoms with van der Waals surface area (Å²) >= 11 is 6.19. The van der Waals surface area contributed by atoms with Gasteiger partial charge in [0.2, 0.25) is 0 Å². The maximum absolute atomic E-state index is 13.3. The Balaban J connectivity index is 1.59. The summed E-state index contributed by atoms with van der Waals surface area (Å²) in [7, 11) is 3.00. The van der Waals surface area contributed by atoms with Crippen LogP contribution in [-0.2, 0) is 16.1 Å². The number of anilines is 1. The van der Waals surface area contributed by atoms with Gasteiger partial charge in [0, 0.05) is 63.1 Å². The van der Waals surface area contributed by atoms with Crippen LogP contribution < -0.4 is 10.5 Å². The largest absolute Gasteiger partial charge is 0.487 e. The van der Waals surface area contributed by atoms with Gasteiger partial charge in [-0.3, -0.25) is 9.69 Å². The summed E-state index contributed by atoms with van der Waals surface area (Å²) in [4.78, 5) is 43.5. The maximum Gasteiger partial charge on any atom is 0.410 e. The molecule has 212 valence electrons. The fourth-order valence-electron chi connectivity index (χ4n) is 4.00. The Bertz CT molecular complexity index is 1190. The number of halogens is 1. The van der Waals surface area contributed by atoms with Gasteiger partial charge in [-0.1, -0.05) is 17.7 Å². The average Bonchev–Trinajstić information content (AvgIpc) is 2.89. The number of piperazine rings is 1. The molecule has 2 amide bonds. The molecule has 1 aliphatic heterocycles. The lowest BCUT2D eigenvalue weighted by Gasteiger charge is -2.35. The Morgan fingerprint density at radius 2 is 1.74 bits per heavy atom. The number of carbonyl (C=O) groups is 3. The Kier molecular flexibility index (Phi) is 10.0. The molecule has 0 aromatic heterocycles. The van der Waals surface area contributed by atoms with Crippen LogP contribution >= 0.6 is 11.6 Å². The van der Waals surface area contributed by atoms with Crippen LogP contribution in [0.15, 0.2) is 36.4 Å². The maximum atomic E-state index is 13.3. The van der Waals surface area contributed by atoms with Gasteiger partial charge < -0.3 is 29.7 Å². The van der Waals surface area contributed by atoms with E-state index in [4.69, 9.17) is 31.5 Å². The number of ether oxygens (including phenoxy) is 3. The minimum absolute atomic E-state index is 0.0545. The molecule has 2 N–H and O–H groups in total. The smallest absolute Gasteiger partial charge is 0.410 e. The summed E-state index contributed by atoms with van der Waals surface area (Å²) in [6, 6.07) is 9.82. The summed E-state index contributed by atoms with van der Waals surface area (Å²) in [5.74, 6) is -0.303. The second kappa shape index (κ2) is 13.0. The quantitative estimate of drug-likeness (QED) is 0.382. The first-order chi connectivity index (χ1) is 18.4. The molecule has 39 heavy (non-hydrogen) atoms. The van der Waals surface area contributed by atoms with E-state index in [1.807, 2.05) is 20.8 Å². The third-order valence-corrected chi connectivity index (χ3v) is 6.51. The minimum atomic E-state index is -0.564. The first kappa shape index (κ1) is 30.0. The predicted octanol–water partition coefficient (Wildman–Crippen LogP) is 3.91. The van der Waals surface area contributed by atoms with Crippen LogP contribution in [-0.4, -0.2) is 91.7 Å². The second-order valence-electron chi connectivity index (χ2n) is 10.4. The molecular weight excluding hydrogens is 524 g/mol. The standard InChI is InChI=1S/C28H37ClN4O6/c1-28(2,3)39-27(36)31(4)10-11-32-12-14-33(15-13-32)25(34)19-6-7-20(22(16-19)26(35)37-5)18-38-24-9-8-21(30)17-23(24)29/h6-9,16-17H,10-15,18,30H2,1-5H3. The number of nitrogens with two attached hydrogens (primary N) is 1. The van der Waals surface area contributed by atoms with Gasteiger partial charge in [-0.25, -0.2) is 9.59 Å². The Hall–Kier alpha value is -3.50. The Morgan fingerprint density at radius 1 is 1.05 bits per heavy atom. The number of nitrogens with zero attached hydrogens (tertiary/aromatic N) is 3. The van der Waals surface area contributed by atoms with E-state index in [1.165, 1.54) is 7.11 Å². The molecule has 10 nitrogen and oxygen atoms in total. The molecule has 0 radical (unpaired) electrons. The van der Waals surface area contributed by atoms with E-state index < -0.39 is 11.6 Å². The van der Waals surface area contributed by atoms with E-state index in [0.29, 0.717) is 66.9 Å². The lowest BCUT2D eigenvalue weighted by molar-refractivity contribution is 0.0271. The zero-order chi connectivity index (χ0) is 28.7. The highest BCUT2D eigenvalue weighted by molar-refractivity contribution is 6.32. The van der Waals surface area contributed by atoms with Gasteiger partial charge in [-0.15, -0.1) is 0 Å². The van der Waals surface area contributed by atoms with Crippen molar-refractivity contribution in [2.75, 3.05) is 59.2 Å². The second-order valence-corrected chi connectivity index (χ2v) is 10.8. The van der Waals surface area contributed by atoms with E-state index in [-0.39, 0.29) is 24.2 Å². The number of amides is 2. The molecule has 0 unspecified atom stereocenters. The van der Waals surface area contributed by atoms with E-state index in [2.05, 4.69) is 4.90 Å². The van der Waals surface area contributed by atoms with Gasteiger partial charge in [0.05, 0.1) is 17.7 Å². The normalized spacial score (nSPS) is 14.1. The molecule has 2 aromatic rings. The fourth-order valence-corrected chi connectivity index (χ4v) is 4.25. The number of methoxy groups -OCH3 is 1. The van der Waals surface area contributed by atoms with Crippen LogP contribution in [0.2, 0.25) is 5.02 Å². The molecule has 2 aromatic carbocycles. The van der Waals surface area contributed by atoms with Gasteiger partial charge in [0.15, 0.2) is 0 Å². The highest BCUT2D eigenvalue weighted by Gasteiger charge is 2.25. The molecule has 0 saturated carbocycles. The van der Waals surface area contributed by atoms with Gasteiger partial charge in [-0.05, 0) is 51.1 Å². The highest BCUT2D eigenvalue weighted by atomic mass is 35.5. The lowest BCUT2D eigenvalue weighted by Crippen LogP contribution is -2.50. The third kappa shape index (κ3) is 8.49. The van der Waals surface area contributed by atoms with Crippen LogP contribution in [0.25, 0.3) is 0 Å². The summed E-state index contributed by atoms with van der Waals surface area (Å²) < 4.78 is 16.1. The molecule has 0 bridgehead atoms. The summed E-state index contributed by atoms with van der Waals surface area (Å²) in [5, 5.41) is 0.358. The van der Waals surface area contributed by atoms with E-state index in [9.17, 15) is 14.4 Å². The monoisotopic (exact) mass is 560 g/mol. The van der Waals surface area contributed by atoms with Crippen molar-refractivity contribution >= 4 is 35.3 Å². The van der Waals surface area contributed by atoms with Crippen molar-refractivity contribution in [3.8, 4) is 5.75 Å². The average molecular weight is 561 g/mol. The summed E-state index contributed by atoms with van der Waals surface area (Å²) in [6.45, 7) is 9.17. The molecule has 3 rings (SSSR count). The number of rotatable bonds is 8. The van der Waals surface area contributed by atoms with Crippen LogP contribution in [0, 0.1) is 0 Å². The number of likely N-dealkylation sites (N-methyl/N-ethyl adjacent to an activating group) is 1. The predicted molar refractivity (Wildman–Crippen MR) is 149 cm³/mol. The van der Waals surface area contributed by atoms with E-state index >= 15 is 0 Å². The molecule has 1 fully saturated rings. The van der Waals surface area contributed by atoms with E-state index in [1.54, 1.807) is 53.2 Å². The highest BCUT2D eigenvalue weighted by Crippen LogP contribution is 2.28. The Labute approximate surface area is 234 Å². The number of carbonyl (C=O) groups excluding carboxylic acids is 3. The van der Waals surface area contributed by atoms with Crippen molar-refractivity contribution < 1.29 is 28.6 Å². The van der Waals surface area contributed by atoms with Crippen LogP contribution in [0.3, 0.4) is 0 Å².